The fraction of sp³-hybridized carbons (Fsp3) is 0.533. The van der Waals surface area contributed by atoms with Crippen LogP contribution in [0, 0.1) is 5.92 Å². The van der Waals surface area contributed by atoms with Crippen LogP contribution >= 0.6 is 11.8 Å². The van der Waals surface area contributed by atoms with Crippen molar-refractivity contribution in [1.29, 1.82) is 0 Å². The average Bonchev–Trinajstić information content (AvgIpc) is 2.43. The van der Waals surface area contributed by atoms with Crippen LogP contribution in [-0.4, -0.2) is 24.8 Å². The minimum Gasteiger partial charge on any atom is -0.269 e. The summed E-state index contributed by atoms with van der Waals surface area (Å²) in [6.45, 7) is 4.06. The van der Waals surface area contributed by atoms with Crippen LogP contribution in [0.5, 0.6) is 0 Å². The summed E-state index contributed by atoms with van der Waals surface area (Å²) in [5, 5.41) is 6.07. The van der Waals surface area contributed by atoms with Gasteiger partial charge in [0, 0.05) is 12.8 Å². The van der Waals surface area contributed by atoms with Gasteiger partial charge in [0.15, 0.2) is 0 Å². The lowest BCUT2D eigenvalue weighted by atomic mass is 10.0. The molecule has 1 rings (SSSR count). The van der Waals surface area contributed by atoms with E-state index in [2.05, 4.69) is 18.3 Å². The van der Waals surface area contributed by atoms with E-state index in [9.17, 15) is 13.2 Å². The summed E-state index contributed by atoms with van der Waals surface area (Å²) in [6.07, 6.45) is -1.20. The molecule has 118 valence electrons. The Bertz CT molecular complexity index is 469. The Hall–Kier alpha value is -1.17. The van der Waals surface area contributed by atoms with E-state index in [0.717, 1.165) is 30.0 Å². The number of thioether (sulfide) groups is 1. The highest BCUT2D eigenvalue weighted by atomic mass is 32.2. The second kappa shape index (κ2) is 7.73. The highest BCUT2D eigenvalue weighted by molar-refractivity contribution is 7.98. The Labute approximate surface area is 128 Å². The maximum atomic E-state index is 12.5. The normalized spacial score (nSPS) is 14.1. The van der Waals surface area contributed by atoms with Gasteiger partial charge in [0.2, 0.25) is 0 Å². The zero-order valence-corrected chi connectivity index (χ0v) is 13.6. The summed E-state index contributed by atoms with van der Waals surface area (Å²) >= 11 is 1.79. The number of alkyl halides is 3. The molecular weight excluding hydrogens is 297 g/mol. The Balaban J connectivity index is 2.77. The molecule has 1 unspecified atom stereocenters. The number of rotatable bonds is 6. The van der Waals surface area contributed by atoms with Crippen LogP contribution in [0.15, 0.2) is 29.4 Å². The quantitative estimate of drug-likeness (QED) is 0.547. The first kappa shape index (κ1) is 17.9. The topological polar surface area (TPSA) is 15.6 Å². The molecule has 0 bridgehead atoms. The number of halogens is 3. The Morgan fingerprint density at radius 3 is 2.33 bits per heavy atom. The number of hydrogen-bond acceptors (Lipinski definition) is 3. The third-order valence-corrected chi connectivity index (χ3v) is 3.99. The van der Waals surface area contributed by atoms with Crippen LogP contribution in [0.25, 0.3) is 0 Å². The van der Waals surface area contributed by atoms with E-state index in [0.29, 0.717) is 11.6 Å². The molecule has 0 aliphatic carbocycles. The van der Waals surface area contributed by atoms with Gasteiger partial charge in [-0.15, -0.1) is 0 Å². The Morgan fingerprint density at radius 2 is 1.86 bits per heavy atom. The fourth-order valence-corrected chi connectivity index (χ4v) is 2.35. The molecule has 0 aliphatic heterocycles. The van der Waals surface area contributed by atoms with Crippen LogP contribution in [0.2, 0.25) is 0 Å². The third-order valence-electron chi connectivity index (χ3n) is 3.34. The van der Waals surface area contributed by atoms with E-state index in [-0.39, 0.29) is 0 Å². The molecule has 0 radical (unpaired) electrons. The molecule has 0 N–H and O–H groups in total. The first-order chi connectivity index (χ1) is 9.75. The number of hydrazone groups is 1. The van der Waals surface area contributed by atoms with Crippen molar-refractivity contribution in [1.82, 2.24) is 0 Å². The first-order valence-corrected chi connectivity index (χ1v) is 8.10. The Kier molecular flexibility index (Phi) is 6.58. The van der Waals surface area contributed by atoms with Crippen molar-refractivity contribution in [3.05, 3.63) is 29.8 Å². The average molecular weight is 318 g/mol. The molecule has 6 heteroatoms. The molecule has 0 aliphatic rings. The largest absolute Gasteiger partial charge is 0.416 e. The number of hydrogen-bond donors (Lipinski definition) is 0. The van der Waals surface area contributed by atoms with E-state index in [1.165, 1.54) is 12.1 Å². The molecular formula is C15H21F3N2S. The molecule has 21 heavy (non-hydrogen) atoms. The number of benzene rings is 1. The molecule has 2 nitrogen and oxygen atoms in total. The van der Waals surface area contributed by atoms with Crippen molar-refractivity contribution in [2.24, 2.45) is 11.0 Å². The summed E-state index contributed by atoms with van der Waals surface area (Å²) in [7, 11) is 1.74. The van der Waals surface area contributed by atoms with E-state index in [4.69, 9.17) is 0 Å². The van der Waals surface area contributed by atoms with Gasteiger partial charge < -0.3 is 0 Å². The van der Waals surface area contributed by atoms with Crippen molar-refractivity contribution in [3.63, 3.8) is 0 Å². The molecule has 1 atom stereocenters. The number of anilines is 1. The predicted octanol–water partition coefficient (Wildman–Crippen LogP) is 4.91. The third kappa shape index (κ3) is 5.61. The van der Waals surface area contributed by atoms with Crippen molar-refractivity contribution >= 4 is 23.2 Å². The molecule has 0 saturated heterocycles. The standard InChI is InChI=1S/C15H21F3N2S/c1-11(9-10-21-4)12(2)19-20(3)14-7-5-13(6-8-14)15(16,17)18/h5-8,11H,9-10H2,1-4H3/b19-12-. The van der Waals surface area contributed by atoms with E-state index in [1.54, 1.807) is 23.8 Å². The molecule has 0 fully saturated rings. The monoisotopic (exact) mass is 318 g/mol. The molecule has 0 heterocycles. The zero-order valence-electron chi connectivity index (χ0n) is 12.7. The van der Waals surface area contributed by atoms with Crippen LogP contribution in [-0.2, 0) is 6.18 Å². The maximum Gasteiger partial charge on any atom is 0.416 e. The van der Waals surface area contributed by atoms with Crippen molar-refractivity contribution in [3.8, 4) is 0 Å². The van der Waals surface area contributed by atoms with Gasteiger partial charge in [-0.05, 0) is 55.5 Å². The van der Waals surface area contributed by atoms with Gasteiger partial charge >= 0.3 is 6.18 Å². The highest BCUT2D eigenvalue weighted by Crippen LogP contribution is 2.30. The zero-order chi connectivity index (χ0) is 16.0. The first-order valence-electron chi connectivity index (χ1n) is 6.70. The van der Waals surface area contributed by atoms with Gasteiger partial charge in [-0.1, -0.05) is 6.92 Å². The second-order valence-electron chi connectivity index (χ2n) is 4.99. The fourth-order valence-electron chi connectivity index (χ4n) is 1.76. The van der Waals surface area contributed by atoms with E-state index < -0.39 is 11.7 Å². The minimum absolute atomic E-state index is 0.356. The van der Waals surface area contributed by atoms with Crippen molar-refractivity contribution in [2.75, 3.05) is 24.1 Å². The van der Waals surface area contributed by atoms with E-state index in [1.807, 2.05) is 6.92 Å². The number of nitrogens with zero attached hydrogens (tertiary/aromatic N) is 2. The summed E-state index contributed by atoms with van der Waals surface area (Å²) in [5.41, 5.74) is 0.972. The van der Waals surface area contributed by atoms with Crippen molar-refractivity contribution in [2.45, 2.75) is 26.4 Å². The van der Waals surface area contributed by atoms with Gasteiger partial charge in [0.25, 0.3) is 0 Å². The minimum atomic E-state index is -4.30. The summed E-state index contributed by atoms with van der Waals surface area (Å²) in [5.74, 6) is 1.42. The maximum absolute atomic E-state index is 12.5. The molecule has 0 saturated carbocycles. The predicted molar refractivity (Wildman–Crippen MR) is 85.1 cm³/mol. The molecule has 1 aromatic carbocycles. The molecule has 0 aromatic heterocycles. The smallest absolute Gasteiger partial charge is 0.269 e. The highest BCUT2D eigenvalue weighted by Gasteiger charge is 2.30. The summed E-state index contributed by atoms with van der Waals surface area (Å²) in [6, 6.07) is 5.03. The lowest BCUT2D eigenvalue weighted by molar-refractivity contribution is -0.137. The van der Waals surface area contributed by atoms with Crippen LogP contribution in [0.4, 0.5) is 18.9 Å². The lowest BCUT2D eigenvalue weighted by Crippen LogP contribution is -2.17. The van der Waals surface area contributed by atoms with Gasteiger partial charge in [-0.2, -0.15) is 30.0 Å². The van der Waals surface area contributed by atoms with Crippen molar-refractivity contribution < 1.29 is 13.2 Å². The molecule has 1 aromatic rings. The Morgan fingerprint density at radius 1 is 1.29 bits per heavy atom. The second-order valence-corrected chi connectivity index (χ2v) is 5.98. The summed E-state index contributed by atoms with van der Waals surface area (Å²) in [4.78, 5) is 0. The molecule has 0 amide bonds. The summed E-state index contributed by atoms with van der Waals surface area (Å²) < 4.78 is 37.5. The van der Waals surface area contributed by atoms with Gasteiger partial charge in [-0.25, -0.2) is 0 Å². The van der Waals surface area contributed by atoms with Gasteiger partial charge in [0.05, 0.1) is 11.3 Å². The van der Waals surface area contributed by atoms with Crippen LogP contribution in [0.1, 0.15) is 25.8 Å². The van der Waals surface area contributed by atoms with E-state index >= 15 is 0 Å². The molecule has 0 spiro atoms. The van der Waals surface area contributed by atoms with Crippen LogP contribution < -0.4 is 5.01 Å². The van der Waals surface area contributed by atoms with Crippen LogP contribution in [0.3, 0.4) is 0 Å². The van der Waals surface area contributed by atoms with Gasteiger partial charge in [-0.3, -0.25) is 5.01 Å². The lowest BCUT2D eigenvalue weighted by Gasteiger charge is -2.18. The van der Waals surface area contributed by atoms with Gasteiger partial charge in [0.1, 0.15) is 0 Å². The SMILES string of the molecule is CSCCC(C)/C(C)=N\N(C)c1ccc(C(F)(F)F)cc1.